The summed E-state index contributed by atoms with van der Waals surface area (Å²) in [6, 6.07) is 6.34. The minimum absolute atomic E-state index is 0.0208. The van der Waals surface area contributed by atoms with Gasteiger partial charge in [-0.15, -0.1) is 0 Å². The van der Waals surface area contributed by atoms with E-state index in [2.05, 4.69) is 31.4 Å². The molecule has 0 atom stereocenters. The van der Waals surface area contributed by atoms with E-state index < -0.39 is 0 Å². The van der Waals surface area contributed by atoms with Crippen LogP contribution in [0.25, 0.3) is 11.2 Å². The molecule has 0 radical (unpaired) electrons. The van der Waals surface area contributed by atoms with E-state index in [0.29, 0.717) is 18.2 Å². The molecule has 7 nitrogen and oxygen atoms in total. The van der Waals surface area contributed by atoms with Crippen molar-refractivity contribution in [1.82, 2.24) is 24.0 Å². The summed E-state index contributed by atoms with van der Waals surface area (Å²) in [4.78, 5) is 23.9. The van der Waals surface area contributed by atoms with Crippen molar-refractivity contribution < 1.29 is 9.53 Å². The van der Waals surface area contributed by atoms with Gasteiger partial charge in [0.15, 0.2) is 5.65 Å². The quantitative estimate of drug-likeness (QED) is 0.710. The van der Waals surface area contributed by atoms with Crippen LogP contribution in [0, 0.1) is 0 Å². The van der Waals surface area contributed by atoms with Gasteiger partial charge in [0.2, 0.25) is 0 Å². The molecule has 134 valence electrons. The average molecular weight is 351 g/mol. The summed E-state index contributed by atoms with van der Waals surface area (Å²) < 4.78 is 9.76. The molecule has 2 aliphatic heterocycles. The minimum Gasteiger partial charge on any atom is -0.381 e. The fourth-order valence-electron chi connectivity index (χ4n) is 3.94. The molecule has 2 aliphatic rings. The van der Waals surface area contributed by atoms with Crippen molar-refractivity contribution in [3.05, 3.63) is 48.2 Å². The fourth-order valence-corrected chi connectivity index (χ4v) is 3.94. The number of carbonyl (C=O) groups excluding carboxylic acids is 1. The maximum absolute atomic E-state index is 12.9. The number of carbonyl (C=O) groups is 1. The number of fused-ring (bicyclic) bond motifs is 2. The number of aromatic nitrogens is 4. The standard InChI is InChI=1S/C19H21N5O2/c25-19(23-7-6-22-5-1-2-16(22)12-23)14-10-17-18(20-11-14)24(13-21-17)15-3-8-26-9-4-15/h1-2,5,10-11,13,15H,3-4,6-9,12H2. The van der Waals surface area contributed by atoms with Gasteiger partial charge in [-0.25, -0.2) is 9.97 Å². The van der Waals surface area contributed by atoms with Crippen molar-refractivity contribution in [2.75, 3.05) is 19.8 Å². The molecule has 5 rings (SSSR count). The number of hydrogen-bond donors (Lipinski definition) is 0. The molecule has 5 heterocycles. The van der Waals surface area contributed by atoms with Crippen LogP contribution in [-0.2, 0) is 17.8 Å². The van der Waals surface area contributed by atoms with Crippen LogP contribution in [0.15, 0.2) is 36.9 Å². The summed E-state index contributed by atoms with van der Waals surface area (Å²) >= 11 is 0. The number of hydrogen-bond acceptors (Lipinski definition) is 4. The van der Waals surface area contributed by atoms with Gasteiger partial charge in [0.05, 0.1) is 18.4 Å². The zero-order chi connectivity index (χ0) is 17.5. The van der Waals surface area contributed by atoms with Crippen molar-refractivity contribution in [3.8, 4) is 0 Å². The lowest BCUT2D eigenvalue weighted by Gasteiger charge is -2.28. The van der Waals surface area contributed by atoms with Crippen LogP contribution in [0.3, 0.4) is 0 Å². The Morgan fingerprint density at radius 1 is 1.19 bits per heavy atom. The van der Waals surface area contributed by atoms with Crippen LogP contribution < -0.4 is 0 Å². The van der Waals surface area contributed by atoms with Crippen molar-refractivity contribution in [2.45, 2.75) is 32.0 Å². The van der Waals surface area contributed by atoms with E-state index in [-0.39, 0.29) is 5.91 Å². The zero-order valence-electron chi connectivity index (χ0n) is 14.5. The Kier molecular flexibility index (Phi) is 3.74. The largest absolute Gasteiger partial charge is 0.381 e. The number of rotatable bonds is 2. The molecule has 0 aromatic carbocycles. The van der Waals surface area contributed by atoms with Crippen LogP contribution >= 0.6 is 0 Å². The third-order valence-corrected chi connectivity index (χ3v) is 5.42. The number of pyridine rings is 1. The van der Waals surface area contributed by atoms with Crippen LogP contribution in [0.4, 0.5) is 0 Å². The first-order valence-electron chi connectivity index (χ1n) is 9.13. The second kappa shape index (κ2) is 6.25. The monoisotopic (exact) mass is 351 g/mol. The second-order valence-corrected chi connectivity index (χ2v) is 6.98. The summed E-state index contributed by atoms with van der Waals surface area (Å²) in [5.74, 6) is 0.0208. The second-order valence-electron chi connectivity index (χ2n) is 6.98. The molecule has 3 aromatic heterocycles. The van der Waals surface area contributed by atoms with Gasteiger partial charge in [0.25, 0.3) is 5.91 Å². The molecule has 0 spiro atoms. The summed E-state index contributed by atoms with van der Waals surface area (Å²) in [6.45, 7) is 3.74. The number of nitrogens with zero attached hydrogens (tertiary/aromatic N) is 5. The van der Waals surface area contributed by atoms with Crippen LogP contribution in [0.2, 0.25) is 0 Å². The Bertz CT molecular complexity index is 954. The molecule has 0 aliphatic carbocycles. The highest BCUT2D eigenvalue weighted by Crippen LogP contribution is 2.25. The van der Waals surface area contributed by atoms with Gasteiger partial charge in [0, 0.05) is 50.4 Å². The molecule has 0 bridgehead atoms. The molecular formula is C19H21N5O2. The highest BCUT2D eigenvalue weighted by molar-refractivity contribution is 5.96. The van der Waals surface area contributed by atoms with Gasteiger partial charge in [-0.2, -0.15) is 0 Å². The van der Waals surface area contributed by atoms with Gasteiger partial charge < -0.3 is 18.8 Å². The number of imidazole rings is 1. The van der Waals surface area contributed by atoms with Crippen molar-refractivity contribution in [2.24, 2.45) is 0 Å². The topological polar surface area (TPSA) is 65.2 Å². The lowest BCUT2D eigenvalue weighted by Crippen LogP contribution is -2.37. The Morgan fingerprint density at radius 2 is 2.08 bits per heavy atom. The molecule has 1 saturated heterocycles. The van der Waals surface area contributed by atoms with Gasteiger partial charge >= 0.3 is 0 Å². The molecule has 7 heteroatoms. The van der Waals surface area contributed by atoms with Crippen LogP contribution in [0.1, 0.15) is 34.9 Å². The normalized spacial score (nSPS) is 18.2. The van der Waals surface area contributed by atoms with Crippen LogP contribution in [-0.4, -0.2) is 49.7 Å². The summed E-state index contributed by atoms with van der Waals surface area (Å²) in [7, 11) is 0. The molecule has 1 fully saturated rings. The molecule has 1 amide bonds. The maximum Gasteiger partial charge on any atom is 0.255 e. The van der Waals surface area contributed by atoms with E-state index in [9.17, 15) is 4.79 Å². The van der Waals surface area contributed by atoms with E-state index in [1.807, 2.05) is 23.4 Å². The highest BCUT2D eigenvalue weighted by Gasteiger charge is 2.23. The van der Waals surface area contributed by atoms with Crippen LogP contribution in [0.5, 0.6) is 0 Å². The van der Waals surface area contributed by atoms with Crippen molar-refractivity contribution in [1.29, 1.82) is 0 Å². The van der Waals surface area contributed by atoms with Gasteiger partial charge in [-0.1, -0.05) is 0 Å². The van der Waals surface area contributed by atoms with Gasteiger partial charge in [-0.05, 0) is 31.0 Å². The van der Waals surface area contributed by atoms with E-state index >= 15 is 0 Å². The molecular weight excluding hydrogens is 330 g/mol. The highest BCUT2D eigenvalue weighted by atomic mass is 16.5. The third kappa shape index (κ3) is 2.59. The summed E-state index contributed by atoms with van der Waals surface area (Å²) in [6.07, 6.45) is 7.54. The number of ether oxygens (including phenoxy) is 1. The first-order chi connectivity index (χ1) is 12.8. The van der Waals surface area contributed by atoms with Crippen molar-refractivity contribution >= 4 is 17.1 Å². The van der Waals surface area contributed by atoms with Gasteiger partial charge in [0.1, 0.15) is 5.52 Å². The molecule has 26 heavy (non-hydrogen) atoms. The lowest BCUT2D eigenvalue weighted by atomic mass is 10.1. The Morgan fingerprint density at radius 3 is 2.96 bits per heavy atom. The minimum atomic E-state index is 0.0208. The third-order valence-electron chi connectivity index (χ3n) is 5.42. The molecule has 0 N–H and O–H groups in total. The first kappa shape index (κ1) is 15.6. The molecule has 3 aromatic rings. The fraction of sp³-hybridized carbons (Fsp3) is 0.421. The molecule has 0 unspecified atom stereocenters. The van der Waals surface area contributed by atoms with Gasteiger partial charge in [-0.3, -0.25) is 4.79 Å². The van der Waals surface area contributed by atoms with E-state index in [1.165, 1.54) is 5.69 Å². The Balaban J connectivity index is 1.40. The Labute approximate surface area is 151 Å². The SMILES string of the molecule is O=C(c1cnc2c(c1)ncn2C1CCOCC1)N1CCn2cccc2C1. The summed E-state index contributed by atoms with van der Waals surface area (Å²) in [5, 5.41) is 0. The maximum atomic E-state index is 12.9. The predicted molar refractivity (Wildman–Crippen MR) is 95.8 cm³/mol. The van der Waals surface area contributed by atoms with Crippen molar-refractivity contribution in [3.63, 3.8) is 0 Å². The van der Waals surface area contributed by atoms with E-state index in [4.69, 9.17) is 4.74 Å². The molecule has 0 saturated carbocycles. The number of amides is 1. The predicted octanol–water partition coefficient (Wildman–Crippen LogP) is 2.24. The van der Waals surface area contributed by atoms with E-state index in [0.717, 1.165) is 50.3 Å². The first-order valence-corrected chi connectivity index (χ1v) is 9.13. The zero-order valence-corrected chi connectivity index (χ0v) is 14.5. The Hall–Kier alpha value is -2.67. The smallest absolute Gasteiger partial charge is 0.255 e. The van der Waals surface area contributed by atoms with E-state index in [1.54, 1.807) is 6.20 Å². The lowest BCUT2D eigenvalue weighted by molar-refractivity contribution is 0.0704. The average Bonchev–Trinajstić information content (AvgIpc) is 3.33. The summed E-state index contributed by atoms with van der Waals surface area (Å²) in [5.41, 5.74) is 3.40.